The van der Waals surface area contributed by atoms with Gasteiger partial charge in [0, 0.05) is 18.9 Å². The van der Waals surface area contributed by atoms with E-state index >= 15 is 0 Å². The zero-order valence-corrected chi connectivity index (χ0v) is 18.5. The number of aromatic nitrogens is 2. The molecule has 0 fully saturated rings. The summed E-state index contributed by atoms with van der Waals surface area (Å²) < 4.78 is 1.89. The van der Waals surface area contributed by atoms with Gasteiger partial charge in [0.25, 0.3) is 5.91 Å². The summed E-state index contributed by atoms with van der Waals surface area (Å²) in [4.78, 5) is 25.3. The highest BCUT2D eigenvalue weighted by Gasteiger charge is 2.17. The maximum Gasteiger partial charge on any atom is 0.261 e. The fourth-order valence-corrected chi connectivity index (χ4v) is 4.03. The summed E-state index contributed by atoms with van der Waals surface area (Å²) in [5, 5.41) is 11.8. The van der Waals surface area contributed by atoms with Crippen molar-refractivity contribution in [3.05, 3.63) is 101 Å². The van der Waals surface area contributed by atoms with Crippen molar-refractivity contribution in [3.8, 4) is 11.1 Å². The Morgan fingerprint density at radius 2 is 1.84 bits per heavy atom. The summed E-state index contributed by atoms with van der Waals surface area (Å²) >= 11 is 1.35. The molecule has 0 saturated heterocycles. The van der Waals surface area contributed by atoms with Crippen LogP contribution in [0.4, 0.5) is 0 Å². The van der Waals surface area contributed by atoms with Crippen LogP contribution in [0.3, 0.4) is 0 Å². The van der Waals surface area contributed by atoms with Gasteiger partial charge in [0.15, 0.2) is 0 Å². The van der Waals surface area contributed by atoms with Gasteiger partial charge >= 0.3 is 0 Å². The van der Waals surface area contributed by atoms with Crippen LogP contribution >= 0.6 is 11.3 Å². The molecule has 6 nitrogen and oxygen atoms in total. The highest BCUT2D eigenvalue weighted by molar-refractivity contribution is 7.12. The van der Waals surface area contributed by atoms with Crippen LogP contribution in [-0.2, 0) is 17.9 Å². The molecule has 0 radical (unpaired) electrons. The summed E-state index contributed by atoms with van der Waals surface area (Å²) in [6.45, 7) is 2.79. The lowest BCUT2D eigenvalue weighted by atomic mass is 9.98. The molecule has 0 aliphatic heterocycles. The third-order valence-corrected chi connectivity index (χ3v) is 5.99. The van der Waals surface area contributed by atoms with Crippen LogP contribution < -0.4 is 10.6 Å². The van der Waals surface area contributed by atoms with Gasteiger partial charge in [-0.3, -0.25) is 14.3 Å². The third kappa shape index (κ3) is 5.31. The van der Waals surface area contributed by atoms with E-state index in [4.69, 9.17) is 0 Å². The van der Waals surface area contributed by atoms with Crippen molar-refractivity contribution in [3.63, 3.8) is 0 Å². The molecule has 4 aromatic rings. The van der Waals surface area contributed by atoms with Gasteiger partial charge in [-0.1, -0.05) is 54.6 Å². The summed E-state index contributed by atoms with van der Waals surface area (Å²) in [5.74, 6) is -0.461. The van der Waals surface area contributed by atoms with Crippen LogP contribution in [0.15, 0.2) is 84.5 Å². The van der Waals surface area contributed by atoms with Gasteiger partial charge in [0.2, 0.25) is 5.91 Å². The maximum atomic E-state index is 12.5. The number of hydrogen-bond donors (Lipinski definition) is 2. The van der Waals surface area contributed by atoms with Crippen LogP contribution in [-0.4, -0.2) is 27.6 Å². The minimum Gasteiger partial charge on any atom is -0.350 e. The first-order chi connectivity index (χ1) is 15.6. The standard InChI is InChI=1S/C25H24N4O2S/c1-18(28-25(31)23-8-4-15-32-23)24(30)26-16-21-6-2-3-7-22(21)20-11-9-19(10-12-20)17-29-14-5-13-27-29/h2-15,18H,16-17H2,1H3,(H,26,30)(H,28,31). The summed E-state index contributed by atoms with van der Waals surface area (Å²) in [6, 6.07) is 21.2. The van der Waals surface area contributed by atoms with Crippen molar-refractivity contribution < 1.29 is 9.59 Å². The van der Waals surface area contributed by atoms with Crippen molar-refractivity contribution >= 4 is 23.2 Å². The molecule has 0 aliphatic carbocycles. The molecule has 0 bridgehead atoms. The number of thiophene rings is 1. The van der Waals surface area contributed by atoms with E-state index in [1.165, 1.54) is 16.9 Å². The molecule has 0 aliphatic rings. The van der Waals surface area contributed by atoms with E-state index in [1.54, 1.807) is 19.2 Å². The number of carbonyl (C=O) groups is 2. The minimum absolute atomic E-state index is 0.223. The van der Waals surface area contributed by atoms with E-state index in [0.29, 0.717) is 11.4 Å². The average Bonchev–Trinajstić information content (AvgIpc) is 3.53. The maximum absolute atomic E-state index is 12.5. The Labute approximate surface area is 190 Å². The zero-order valence-electron chi connectivity index (χ0n) is 17.7. The quantitative estimate of drug-likeness (QED) is 0.430. The first-order valence-electron chi connectivity index (χ1n) is 10.4. The topological polar surface area (TPSA) is 76.0 Å². The Balaban J connectivity index is 1.39. The highest BCUT2D eigenvalue weighted by Crippen LogP contribution is 2.24. The molecule has 2 aromatic carbocycles. The van der Waals surface area contributed by atoms with Crippen molar-refractivity contribution in [2.75, 3.05) is 0 Å². The third-order valence-electron chi connectivity index (χ3n) is 5.12. The van der Waals surface area contributed by atoms with E-state index in [9.17, 15) is 9.59 Å². The lowest BCUT2D eigenvalue weighted by Crippen LogP contribution is -2.44. The van der Waals surface area contributed by atoms with E-state index in [1.807, 2.05) is 52.7 Å². The second-order valence-electron chi connectivity index (χ2n) is 7.45. The van der Waals surface area contributed by atoms with Crippen LogP contribution in [0.1, 0.15) is 27.7 Å². The SMILES string of the molecule is CC(NC(=O)c1cccs1)C(=O)NCc1ccccc1-c1ccc(Cn2cccn2)cc1. The highest BCUT2D eigenvalue weighted by atomic mass is 32.1. The van der Waals surface area contributed by atoms with Gasteiger partial charge in [-0.05, 0) is 46.7 Å². The Hall–Kier alpha value is -3.71. The zero-order chi connectivity index (χ0) is 22.3. The van der Waals surface area contributed by atoms with E-state index in [2.05, 4.69) is 40.0 Å². The van der Waals surface area contributed by atoms with Crippen molar-refractivity contribution in [1.82, 2.24) is 20.4 Å². The second kappa shape index (κ2) is 10.1. The molecule has 1 atom stereocenters. The molecule has 2 N–H and O–H groups in total. The van der Waals surface area contributed by atoms with E-state index < -0.39 is 6.04 Å². The second-order valence-corrected chi connectivity index (χ2v) is 8.40. The Morgan fingerprint density at radius 3 is 2.56 bits per heavy atom. The Morgan fingerprint density at radius 1 is 1.03 bits per heavy atom. The molecule has 162 valence electrons. The number of hydrogen-bond acceptors (Lipinski definition) is 4. The van der Waals surface area contributed by atoms with Crippen LogP contribution in [0.25, 0.3) is 11.1 Å². The molecule has 2 aromatic heterocycles. The number of rotatable bonds is 8. The molecule has 4 rings (SSSR count). The van der Waals surface area contributed by atoms with Crippen molar-refractivity contribution in [2.24, 2.45) is 0 Å². The molecule has 1 unspecified atom stereocenters. The van der Waals surface area contributed by atoms with E-state index in [0.717, 1.165) is 23.2 Å². The lowest BCUT2D eigenvalue weighted by molar-refractivity contribution is -0.122. The molecular weight excluding hydrogens is 420 g/mol. The summed E-state index contributed by atoms with van der Waals surface area (Å²) in [7, 11) is 0. The van der Waals surface area contributed by atoms with Gasteiger partial charge in [0.05, 0.1) is 11.4 Å². The average molecular weight is 445 g/mol. The number of amides is 2. The molecule has 0 spiro atoms. The molecular formula is C25H24N4O2S. The molecule has 2 amide bonds. The number of benzene rings is 2. The fraction of sp³-hybridized carbons (Fsp3) is 0.160. The van der Waals surface area contributed by atoms with Crippen molar-refractivity contribution in [2.45, 2.75) is 26.1 Å². The largest absolute Gasteiger partial charge is 0.350 e. The van der Waals surface area contributed by atoms with Gasteiger partial charge < -0.3 is 10.6 Å². The molecule has 7 heteroatoms. The molecule has 2 heterocycles. The monoisotopic (exact) mass is 444 g/mol. The number of carbonyl (C=O) groups excluding carboxylic acids is 2. The van der Waals surface area contributed by atoms with Crippen LogP contribution in [0.5, 0.6) is 0 Å². The predicted molar refractivity (Wildman–Crippen MR) is 126 cm³/mol. The lowest BCUT2D eigenvalue weighted by Gasteiger charge is -2.15. The first-order valence-corrected chi connectivity index (χ1v) is 11.2. The smallest absolute Gasteiger partial charge is 0.261 e. The summed E-state index contributed by atoms with van der Waals surface area (Å²) in [6.07, 6.45) is 3.71. The van der Waals surface area contributed by atoms with Crippen LogP contribution in [0, 0.1) is 0 Å². The van der Waals surface area contributed by atoms with Gasteiger partial charge in [-0.15, -0.1) is 11.3 Å². The van der Waals surface area contributed by atoms with Crippen LogP contribution in [0.2, 0.25) is 0 Å². The summed E-state index contributed by atoms with van der Waals surface area (Å²) in [5.41, 5.74) is 4.32. The Bertz CT molecular complexity index is 1170. The van der Waals surface area contributed by atoms with Gasteiger partial charge in [-0.25, -0.2) is 0 Å². The van der Waals surface area contributed by atoms with Gasteiger partial charge in [0.1, 0.15) is 6.04 Å². The van der Waals surface area contributed by atoms with E-state index in [-0.39, 0.29) is 11.8 Å². The number of nitrogens with zero attached hydrogens (tertiary/aromatic N) is 2. The first kappa shape index (κ1) is 21.5. The number of nitrogens with one attached hydrogen (secondary N) is 2. The normalized spacial score (nSPS) is 11.7. The minimum atomic E-state index is -0.627. The molecule has 32 heavy (non-hydrogen) atoms. The predicted octanol–water partition coefficient (Wildman–Crippen LogP) is 4.09. The molecule has 0 saturated carbocycles. The fourth-order valence-electron chi connectivity index (χ4n) is 3.40. The Kier molecular flexibility index (Phi) is 6.77. The van der Waals surface area contributed by atoms with Gasteiger partial charge in [-0.2, -0.15) is 5.10 Å². The van der Waals surface area contributed by atoms with Crippen molar-refractivity contribution in [1.29, 1.82) is 0 Å².